The molecule has 2 rings (SSSR count). The Bertz CT molecular complexity index is 538. The Balaban J connectivity index is 1.98. The van der Waals surface area contributed by atoms with E-state index >= 15 is 0 Å². The molecule has 2 aromatic rings. The van der Waals surface area contributed by atoms with E-state index in [2.05, 4.69) is 0 Å². The van der Waals surface area contributed by atoms with Crippen LogP contribution in [0.3, 0.4) is 0 Å². The number of ether oxygens (including phenoxy) is 1. The third kappa shape index (κ3) is 2.85. The van der Waals surface area contributed by atoms with Gasteiger partial charge in [-0.2, -0.15) is 0 Å². The number of rotatable bonds is 4. The van der Waals surface area contributed by atoms with Crippen LogP contribution in [0.4, 0.5) is 0 Å². The molecule has 0 bridgehead atoms. The zero-order chi connectivity index (χ0) is 13.0. The van der Waals surface area contributed by atoms with E-state index in [0.717, 1.165) is 5.56 Å². The van der Waals surface area contributed by atoms with Crippen LogP contribution in [0.2, 0.25) is 0 Å². The van der Waals surface area contributed by atoms with Gasteiger partial charge in [-0.1, -0.05) is 12.1 Å². The molecule has 0 N–H and O–H groups in total. The highest BCUT2D eigenvalue weighted by Crippen LogP contribution is 2.09. The molecule has 4 nitrogen and oxygen atoms in total. The van der Waals surface area contributed by atoms with Crippen LogP contribution >= 0.6 is 0 Å². The molecule has 1 aromatic heterocycles. The van der Waals surface area contributed by atoms with Gasteiger partial charge in [0.15, 0.2) is 5.78 Å². The first-order valence-corrected chi connectivity index (χ1v) is 5.46. The minimum atomic E-state index is -0.425. The molecule has 0 aliphatic heterocycles. The highest BCUT2D eigenvalue weighted by Gasteiger charge is 2.08. The number of esters is 1. The summed E-state index contributed by atoms with van der Waals surface area (Å²) in [6.07, 6.45) is 3.04. The molecule has 0 saturated carbocycles. The van der Waals surface area contributed by atoms with E-state index < -0.39 is 5.97 Å². The van der Waals surface area contributed by atoms with Crippen molar-refractivity contribution in [3.8, 4) is 0 Å². The standard InChI is InChI=1S/C14H12O4/c1-10(15)12-2-4-13(5-3-12)14(16)18-9-11-6-7-17-8-11/h2-8H,9H2,1H3. The molecule has 18 heavy (non-hydrogen) atoms. The third-order valence-electron chi connectivity index (χ3n) is 2.48. The zero-order valence-electron chi connectivity index (χ0n) is 9.88. The van der Waals surface area contributed by atoms with E-state index in [1.807, 2.05) is 0 Å². The fourth-order valence-electron chi connectivity index (χ4n) is 1.45. The van der Waals surface area contributed by atoms with Crippen LogP contribution in [0.1, 0.15) is 33.2 Å². The van der Waals surface area contributed by atoms with Crippen molar-refractivity contribution in [1.82, 2.24) is 0 Å². The van der Waals surface area contributed by atoms with Gasteiger partial charge in [-0.15, -0.1) is 0 Å². The summed E-state index contributed by atoms with van der Waals surface area (Å²) in [5.74, 6) is -0.459. The smallest absolute Gasteiger partial charge is 0.338 e. The number of Topliss-reactive ketones (excluding diaryl/α,β-unsaturated/α-hetero) is 1. The van der Waals surface area contributed by atoms with E-state index in [4.69, 9.17) is 9.15 Å². The van der Waals surface area contributed by atoms with Gasteiger partial charge in [0.1, 0.15) is 6.61 Å². The quantitative estimate of drug-likeness (QED) is 0.613. The fraction of sp³-hybridized carbons (Fsp3) is 0.143. The summed E-state index contributed by atoms with van der Waals surface area (Å²) in [4.78, 5) is 22.8. The summed E-state index contributed by atoms with van der Waals surface area (Å²) in [6, 6.07) is 8.10. The summed E-state index contributed by atoms with van der Waals surface area (Å²) < 4.78 is 9.95. The summed E-state index contributed by atoms with van der Waals surface area (Å²) in [5, 5.41) is 0. The van der Waals surface area contributed by atoms with Gasteiger partial charge in [-0.3, -0.25) is 4.79 Å². The third-order valence-corrected chi connectivity index (χ3v) is 2.48. The summed E-state index contributed by atoms with van der Waals surface area (Å²) in [7, 11) is 0. The lowest BCUT2D eigenvalue weighted by molar-refractivity contribution is 0.0472. The van der Waals surface area contributed by atoms with Gasteiger partial charge < -0.3 is 9.15 Å². The fourth-order valence-corrected chi connectivity index (χ4v) is 1.45. The Kier molecular flexibility index (Phi) is 3.57. The molecule has 0 fully saturated rings. The van der Waals surface area contributed by atoms with Crippen molar-refractivity contribution >= 4 is 11.8 Å². The van der Waals surface area contributed by atoms with Crippen LogP contribution in [0.5, 0.6) is 0 Å². The SMILES string of the molecule is CC(=O)c1ccc(C(=O)OCc2ccoc2)cc1. The molecule has 1 heterocycles. The number of hydrogen-bond acceptors (Lipinski definition) is 4. The molecule has 0 spiro atoms. The van der Waals surface area contributed by atoms with Gasteiger partial charge in [0.2, 0.25) is 0 Å². The molecule has 92 valence electrons. The van der Waals surface area contributed by atoms with E-state index in [1.54, 1.807) is 30.3 Å². The number of carbonyl (C=O) groups excluding carboxylic acids is 2. The monoisotopic (exact) mass is 244 g/mol. The van der Waals surface area contributed by atoms with Crippen molar-refractivity contribution in [2.24, 2.45) is 0 Å². The predicted octanol–water partition coefficient (Wildman–Crippen LogP) is 2.84. The van der Waals surface area contributed by atoms with E-state index in [0.29, 0.717) is 11.1 Å². The lowest BCUT2D eigenvalue weighted by Crippen LogP contribution is -2.05. The molecule has 0 aliphatic carbocycles. The minimum absolute atomic E-state index is 0.0340. The lowest BCUT2D eigenvalue weighted by Gasteiger charge is -2.03. The topological polar surface area (TPSA) is 56.5 Å². The Labute approximate surface area is 104 Å². The van der Waals surface area contributed by atoms with Gasteiger partial charge in [-0.05, 0) is 25.1 Å². The summed E-state index contributed by atoms with van der Waals surface area (Å²) >= 11 is 0. The normalized spacial score (nSPS) is 10.1. The highest BCUT2D eigenvalue weighted by atomic mass is 16.5. The van der Waals surface area contributed by atoms with Crippen LogP contribution in [0.25, 0.3) is 0 Å². The highest BCUT2D eigenvalue weighted by molar-refractivity contribution is 5.96. The second-order valence-corrected chi connectivity index (χ2v) is 3.84. The summed E-state index contributed by atoms with van der Waals surface area (Å²) in [6.45, 7) is 1.65. The zero-order valence-corrected chi connectivity index (χ0v) is 9.88. The van der Waals surface area contributed by atoms with E-state index in [-0.39, 0.29) is 12.4 Å². The number of carbonyl (C=O) groups is 2. The van der Waals surface area contributed by atoms with Gasteiger partial charge in [-0.25, -0.2) is 4.79 Å². The number of hydrogen-bond donors (Lipinski definition) is 0. The second-order valence-electron chi connectivity index (χ2n) is 3.84. The maximum absolute atomic E-state index is 11.7. The van der Waals surface area contributed by atoms with Crippen molar-refractivity contribution in [1.29, 1.82) is 0 Å². The summed E-state index contributed by atoms with van der Waals surface area (Å²) in [5.41, 5.74) is 1.79. The van der Waals surface area contributed by atoms with Crippen LogP contribution in [0, 0.1) is 0 Å². The van der Waals surface area contributed by atoms with Crippen LogP contribution < -0.4 is 0 Å². The molecule has 0 amide bonds. The van der Waals surface area contributed by atoms with Crippen molar-refractivity contribution in [3.05, 3.63) is 59.5 Å². The molecular weight excluding hydrogens is 232 g/mol. The maximum atomic E-state index is 11.7. The van der Waals surface area contributed by atoms with Gasteiger partial charge in [0.05, 0.1) is 18.1 Å². The predicted molar refractivity (Wildman–Crippen MR) is 64.3 cm³/mol. The molecular formula is C14H12O4. The first-order valence-electron chi connectivity index (χ1n) is 5.46. The van der Waals surface area contributed by atoms with Gasteiger partial charge in [0, 0.05) is 11.1 Å². The Morgan fingerprint density at radius 3 is 2.33 bits per heavy atom. The Morgan fingerprint density at radius 2 is 1.78 bits per heavy atom. The first-order chi connectivity index (χ1) is 8.66. The van der Waals surface area contributed by atoms with E-state index in [1.165, 1.54) is 19.5 Å². The average molecular weight is 244 g/mol. The molecule has 0 radical (unpaired) electrons. The largest absolute Gasteiger partial charge is 0.472 e. The van der Waals surface area contributed by atoms with Gasteiger partial charge >= 0.3 is 5.97 Å². The Hall–Kier alpha value is -2.36. The number of ketones is 1. The van der Waals surface area contributed by atoms with Crippen LogP contribution in [-0.2, 0) is 11.3 Å². The Morgan fingerprint density at radius 1 is 1.11 bits per heavy atom. The van der Waals surface area contributed by atoms with Crippen LogP contribution in [-0.4, -0.2) is 11.8 Å². The molecule has 0 atom stereocenters. The average Bonchev–Trinajstić information content (AvgIpc) is 2.89. The lowest BCUT2D eigenvalue weighted by atomic mass is 10.1. The number of benzene rings is 1. The maximum Gasteiger partial charge on any atom is 0.338 e. The molecule has 0 saturated heterocycles. The van der Waals surface area contributed by atoms with E-state index in [9.17, 15) is 9.59 Å². The molecule has 0 unspecified atom stereocenters. The van der Waals surface area contributed by atoms with Crippen molar-refractivity contribution in [2.45, 2.75) is 13.5 Å². The minimum Gasteiger partial charge on any atom is -0.472 e. The number of furan rings is 1. The van der Waals surface area contributed by atoms with Crippen molar-refractivity contribution in [3.63, 3.8) is 0 Å². The first kappa shape index (κ1) is 12.1. The van der Waals surface area contributed by atoms with Crippen molar-refractivity contribution in [2.75, 3.05) is 0 Å². The molecule has 0 aliphatic rings. The second kappa shape index (κ2) is 5.31. The molecule has 4 heteroatoms. The van der Waals surface area contributed by atoms with Gasteiger partial charge in [0.25, 0.3) is 0 Å². The van der Waals surface area contributed by atoms with Crippen molar-refractivity contribution < 1.29 is 18.7 Å². The molecule has 1 aromatic carbocycles. The van der Waals surface area contributed by atoms with Crippen LogP contribution in [0.15, 0.2) is 47.3 Å².